The molecule has 0 bridgehead atoms. The third-order valence-corrected chi connectivity index (χ3v) is 4.72. The maximum absolute atomic E-state index is 12.1. The van der Waals surface area contributed by atoms with Crippen molar-refractivity contribution in [3.05, 3.63) is 23.5 Å². The van der Waals surface area contributed by atoms with Crippen molar-refractivity contribution < 1.29 is 23.9 Å². The van der Waals surface area contributed by atoms with Crippen molar-refractivity contribution in [2.24, 2.45) is 5.92 Å². The Labute approximate surface area is 131 Å². The summed E-state index contributed by atoms with van der Waals surface area (Å²) in [5.74, 6) is 0.537. The first-order chi connectivity index (χ1) is 10.7. The highest BCUT2D eigenvalue weighted by Crippen LogP contribution is 2.38. The number of rotatable bonds is 4. The quantitative estimate of drug-likeness (QED) is 0.637. The number of allylic oxidation sites excluding steroid dienone is 2. The molecule has 3 aliphatic rings. The maximum Gasteiger partial charge on any atom is 0.462 e. The van der Waals surface area contributed by atoms with E-state index in [0.717, 1.165) is 43.4 Å². The number of ether oxygens (including phenoxy) is 2. The lowest BCUT2D eigenvalue weighted by molar-refractivity contribution is -0.154. The Balaban J connectivity index is 1.65. The Morgan fingerprint density at radius 1 is 1.45 bits per heavy atom. The van der Waals surface area contributed by atoms with Gasteiger partial charge in [-0.1, -0.05) is 6.42 Å². The Kier molecular flexibility index (Phi) is 4.88. The van der Waals surface area contributed by atoms with Crippen LogP contribution in [0.1, 0.15) is 39.0 Å². The van der Waals surface area contributed by atoms with Gasteiger partial charge in [-0.2, -0.15) is 0 Å². The fourth-order valence-corrected chi connectivity index (χ4v) is 3.50. The van der Waals surface area contributed by atoms with Gasteiger partial charge < -0.3 is 19.2 Å². The largest absolute Gasteiger partial charge is 0.490 e. The highest BCUT2D eigenvalue weighted by Gasteiger charge is 2.39. The van der Waals surface area contributed by atoms with Gasteiger partial charge in [0.25, 0.3) is 0 Å². The molecule has 0 spiro atoms. The van der Waals surface area contributed by atoms with Crippen LogP contribution in [0.5, 0.6) is 0 Å². The van der Waals surface area contributed by atoms with Crippen molar-refractivity contribution in [3.63, 3.8) is 0 Å². The van der Waals surface area contributed by atoms with E-state index in [9.17, 15) is 9.82 Å². The molecule has 5 nitrogen and oxygen atoms in total. The fraction of sp³-hybridized carbons (Fsp3) is 0.688. The van der Waals surface area contributed by atoms with Gasteiger partial charge in [-0.25, -0.2) is 0 Å². The van der Waals surface area contributed by atoms with Crippen LogP contribution in [0.15, 0.2) is 23.5 Å². The molecule has 1 heterocycles. The second-order valence-electron chi connectivity index (χ2n) is 6.17. The standard InChI is InChI=1S/C16H23BO5/c1-2-20-16(18)13-5-3-4-6-15(13)22-12-7-8-14-11(9-12)10-21-17(14)19/h7,9,13-15,19H,2-6,8,10H2,1H3. The van der Waals surface area contributed by atoms with E-state index in [0.29, 0.717) is 13.2 Å². The molecule has 1 saturated carbocycles. The molecule has 0 aromatic rings. The number of esters is 1. The van der Waals surface area contributed by atoms with Gasteiger partial charge in [-0.3, -0.25) is 4.79 Å². The molecule has 2 fully saturated rings. The molecule has 6 heteroatoms. The molecule has 0 aromatic carbocycles. The third kappa shape index (κ3) is 3.23. The normalized spacial score (nSPS) is 31.2. The minimum absolute atomic E-state index is 0.0551. The predicted octanol–water partition coefficient (Wildman–Crippen LogP) is 2.22. The van der Waals surface area contributed by atoms with E-state index in [1.54, 1.807) is 0 Å². The molecule has 0 amide bonds. The van der Waals surface area contributed by atoms with E-state index in [1.807, 2.05) is 19.1 Å². The summed E-state index contributed by atoms with van der Waals surface area (Å²) in [5.41, 5.74) is 1.08. The lowest BCUT2D eigenvalue weighted by Crippen LogP contribution is -2.34. The third-order valence-electron chi connectivity index (χ3n) is 4.72. The molecular formula is C16H23BO5. The van der Waals surface area contributed by atoms with Crippen molar-refractivity contribution in [1.82, 2.24) is 0 Å². The predicted molar refractivity (Wildman–Crippen MR) is 81.9 cm³/mol. The van der Waals surface area contributed by atoms with Crippen LogP contribution in [0.25, 0.3) is 0 Å². The highest BCUT2D eigenvalue weighted by atomic mass is 16.5. The summed E-state index contributed by atoms with van der Waals surface area (Å²) < 4.78 is 16.5. The van der Waals surface area contributed by atoms with Gasteiger partial charge in [0.1, 0.15) is 11.9 Å². The Morgan fingerprint density at radius 2 is 2.27 bits per heavy atom. The molecule has 0 aromatic heterocycles. The van der Waals surface area contributed by atoms with Crippen molar-refractivity contribution in [1.29, 1.82) is 0 Å². The zero-order valence-corrected chi connectivity index (χ0v) is 13.0. The highest BCUT2D eigenvalue weighted by molar-refractivity contribution is 6.47. The van der Waals surface area contributed by atoms with Crippen LogP contribution >= 0.6 is 0 Å². The van der Waals surface area contributed by atoms with Gasteiger partial charge in [-0.05, 0) is 50.3 Å². The van der Waals surface area contributed by atoms with Gasteiger partial charge in [0, 0.05) is 5.82 Å². The smallest absolute Gasteiger partial charge is 0.462 e. The van der Waals surface area contributed by atoms with Gasteiger partial charge in [0.05, 0.1) is 19.1 Å². The first-order valence-electron chi connectivity index (χ1n) is 8.22. The Morgan fingerprint density at radius 3 is 3.09 bits per heavy atom. The molecule has 1 N–H and O–H groups in total. The monoisotopic (exact) mass is 306 g/mol. The van der Waals surface area contributed by atoms with E-state index in [-0.39, 0.29) is 23.8 Å². The summed E-state index contributed by atoms with van der Waals surface area (Å²) in [6, 6.07) is 0. The number of fused-ring (bicyclic) bond motifs is 1. The van der Waals surface area contributed by atoms with E-state index in [2.05, 4.69) is 0 Å². The average molecular weight is 306 g/mol. The molecule has 22 heavy (non-hydrogen) atoms. The van der Waals surface area contributed by atoms with Crippen LogP contribution in [-0.2, 0) is 18.9 Å². The lowest BCUT2D eigenvalue weighted by atomic mass is 9.68. The molecule has 3 atom stereocenters. The van der Waals surface area contributed by atoms with Crippen LogP contribution in [0.2, 0.25) is 5.82 Å². The summed E-state index contributed by atoms with van der Waals surface area (Å²) in [7, 11) is -0.703. The molecule has 1 aliphatic heterocycles. The van der Waals surface area contributed by atoms with Gasteiger partial charge in [0.2, 0.25) is 0 Å². The minimum Gasteiger partial charge on any atom is -0.490 e. The molecule has 2 aliphatic carbocycles. The SMILES string of the molecule is CCOC(=O)C1CCCCC1OC1=CCC2B(O)OCC2=C1. The summed E-state index contributed by atoms with van der Waals surface area (Å²) in [6.07, 6.45) is 8.40. The van der Waals surface area contributed by atoms with E-state index < -0.39 is 7.12 Å². The van der Waals surface area contributed by atoms with Crippen LogP contribution in [0.3, 0.4) is 0 Å². The second-order valence-corrected chi connectivity index (χ2v) is 6.17. The van der Waals surface area contributed by atoms with E-state index in [1.165, 1.54) is 0 Å². The first-order valence-corrected chi connectivity index (χ1v) is 8.22. The molecule has 120 valence electrons. The van der Waals surface area contributed by atoms with Crippen LogP contribution in [0, 0.1) is 5.92 Å². The van der Waals surface area contributed by atoms with Crippen molar-refractivity contribution in [2.45, 2.75) is 50.9 Å². The average Bonchev–Trinajstić information content (AvgIpc) is 2.89. The van der Waals surface area contributed by atoms with Crippen molar-refractivity contribution >= 4 is 13.1 Å². The number of hydrogen-bond acceptors (Lipinski definition) is 5. The molecule has 3 rings (SSSR count). The minimum atomic E-state index is -0.703. The molecule has 1 saturated heterocycles. The van der Waals surface area contributed by atoms with Crippen LogP contribution in [0.4, 0.5) is 0 Å². The lowest BCUT2D eigenvalue weighted by Gasteiger charge is -2.31. The zero-order chi connectivity index (χ0) is 15.5. The van der Waals surface area contributed by atoms with E-state index in [4.69, 9.17) is 14.1 Å². The van der Waals surface area contributed by atoms with Crippen molar-refractivity contribution in [3.8, 4) is 0 Å². The van der Waals surface area contributed by atoms with Gasteiger partial charge in [-0.15, -0.1) is 0 Å². The second kappa shape index (κ2) is 6.88. The summed E-state index contributed by atoms with van der Waals surface area (Å²) in [6.45, 7) is 2.69. The summed E-state index contributed by atoms with van der Waals surface area (Å²) >= 11 is 0. The zero-order valence-electron chi connectivity index (χ0n) is 13.0. The maximum atomic E-state index is 12.1. The Bertz CT molecular complexity index is 487. The Hall–Kier alpha value is -1.27. The van der Waals surface area contributed by atoms with E-state index >= 15 is 0 Å². The molecule has 0 radical (unpaired) electrons. The number of carbonyl (C=O) groups is 1. The number of carbonyl (C=O) groups excluding carboxylic acids is 1. The summed E-state index contributed by atoms with van der Waals surface area (Å²) in [5, 5.41) is 9.71. The van der Waals surface area contributed by atoms with Crippen LogP contribution in [-0.4, -0.2) is 37.4 Å². The first kappa shape index (κ1) is 15.6. The topological polar surface area (TPSA) is 65.0 Å². The van der Waals surface area contributed by atoms with Gasteiger partial charge in [0.15, 0.2) is 0 Å². The fourth-order valence-electron chi connectivity index (χ4n) is 3.50. The van der Waals surface area contributed by atoms with Crippen molar-refractivity contribution in [2.75, 3.05) is 13.2 Å². The van der Waals surface area contributed by atoms with Gasteiger partial charge >= 0.3 is 13.1 Å². The molecular weight excluding hydrogens is 283 g/mol. The molecule has 3 unspecified atom stereocenters. The van der Waals surface area contributed by atoms with Crippen LogP contribution < -0.4 is 0 Å². The summed E-state index contributed by atoms with van der Waals surface area (Å²) in [4.78, 5) is 12.1. The number of hydrogen-bond donors (Lipinski definition) is 1.